The average Bonchev–Trinajstić information content (AvgIpc) is 2.78. The van der Waals surface area contributed by atoms with Crippen LogP contribution in [0.2, 0.25) is 0 Å². The first-order chi connectivity index (χ1) is 15.3. The molecule has 2 amide bonds. The molecule has 0 aromatic heterocycles. The van der Waals surface area contributed by atoms with Crippen LogP contribution in [0.1, 0.15) is 44.0 Å². The summed E-state index contributed by atoms with van der Waals surface area (Å²) in [6.45, 7) is 7.75. The molecule has 1 aliphatic heterocycles. The number of benzene rings is 1. The molecular formula is C22H31N3O6S. The maximum absolute atomic E-state index is 12.7. The Morgan fingerprint density at radius 2 is 2.09 bits per heavy atom. The predicted molar refractivity (Wildman–Crippen MR) is 122 cm³/mol. The number of piperazine rings is 1. The molecule has 0 aliphatic carbocycles. The van der Waals surface area contributed by atoms with E-state index in [4.69, 9.17) is 26.4 Å². The number of hydrogen-bond donors (Lipinski definition) is 2. The van der Waals surface area contributed by atoms with Crippen LogP contribution in [0.15, 0.2) is 24.3 Å². The van der Waals surface area contributed by atoms with Gasteiger partial charge in [-0.05, 0) is 50.7 Å². The summed E-state index contributed by atoms with van der Waals surface area (Å²) in [4.78, 5) is 38.9. The van der Waals surface area contributed by atoms with Crippen molar-refractivity contribution in [3.63, 3.8) is 0 Å². The van der Waals surface area contributed by atoms with Crippen LogP contribution in [0, 0.1) is 0 Å². The van der Waals surface area contributed by atoms with Crippen LogP contribution in [0.5, 0.6) is 5.75 Å². The Morgan fingerprint density at radius 1 is 1.31 bits per heavy atom. The Morgan fingerprint density at radius 3 is 2.81 bits per heavy atom. The Balaban J connectivity index is 2.00. The molecule has 2 N–H and O–H groups in total. The summed E-state index contributed by atoms with van der Waals surface area (Å²) >= 11 is 5.39. The molecule has 1 aromatic rings. The summed E-state index contributed by atoms with van der Waals surface area (Å²) in [6, 6.07) is 5.84. The van der Waals surface area contributed by atoms with Crippen molar-refractivity contribution in [3.8, 4) is 5.75 Å². The molecule has 2 atom stereocenters. The van der Waals surface area contributed by atoms with Gasteiger partial charge in [-0.15, -0.1) is 0 Å². The van der Waals surface area contributed by atoms with Gasteiger partial charge in [-0.2, -0.15) is 0 Å². The van der Waals surface area contributed by atoms with Crippen LogP contribution in [-0.2, 0) is 19.1 Å². The SMILES string of the molecule is CCOCCOc1cccc(C(=O)NC(=S)N2CCNC(=O)C2CC(=O)OC(C)CC)c1. The summed E-state index contributed by atoms with van der Waals surface area (Å²) in [5.41, 5.74) is 0.357. The van der Waals surface area contributed by atoms with Crippen LogP contribution in [0.3, 0.4) is 0 Å². The molecule has 0 radical (unpaired) electrons. The molecule has 1 fully saturated rings. The monoisotopic (exact) mass is 465 g/mol. The van der Waals surface area contributed by atoms with Crippen molar-refractivity contribution < 1.29 is 28.6 Å². The zero-order chi connectivity index (χ0) is 23.5. The fraction of sp³-hybridized carbons (Fsp3) is 0.545. The van der Waals surface area contributed by atoms with Crippen molar-refractivity contribution in [3.05, 3.63) is 29.8 Å². The second kappa shape index (κ2) is 13.0. The van der Waals surface area contributed by atoms with E-state index in [1.165, 1.54) is 0 Å². The molecule has 2 unspecified atom stereocenters. The molecule has 32 heavy (non-hydrogen) atoms. The van der Waals surface area contributed by atoms with Gasteiger partial charge in [0, 0.05) is 25.3 Å². The van der Waals surface area contributed by atoms with Gasteiger partial charge in [-0.3, -0.25) is 19.7 Å². The van der Waals surface area contributed by atoms with Crippen molar-refractivity contribution in [2.75, 3.05) is 32.9 Å². The number of esters is 1. The highest BCUT2D eigenvalue weighted by molar-refractivity contribution is 7.80. The van der Waals surface area contributed by atoms with Crippen molar-refractivity contribution in [1.29, 1.82) is 0 Å². The largest absolute Gasteiger partial charge is 0.491 e. The standard InChI is InChI=1S/C22H31N3O6S/c1-4-15(3)31-19(26)14-18-21(28)23-9-10-25(18)22(32)24-20(27)16-7-6-8-17(13-16)30-12-11-29-5-2/h6-8,13,15,18H,4-5,9-12,14H2,1-3H3,(H,23,28)(H,24,27,32). The molecule has 0 saturated carbocycles. The number of ether oxygens (including phenoxy) is 3. The average molecular weight is 466 g/mol. The fourth-order valence-corrected chi connectivity index (χ4v) is 3.32. The Hall–Kier alpha value is -2.72. The van der Waals surface area contributed by atoms with E-state index in [0.717, 1.165) is 0 Å². The van der Waals surface area contributed by atoms with Crippen molar-refractivity contribution in [2.45, 2.75) is 45.8 Å². The van der Waals surface area contributed by atoms with Crippen LogP contribution < -0.4 is 15.4 Å². The van der Waals surface area contributed by atoms with Crippen LogP contribution in [0.4, 0.5) is 0 Å². The number of carbonyl (C=O) groups is 3. The third-order valence-electron chi connectivity index (χ3n) is 4.88. The molecular weight excluding hydrogens is 434 g/mol. The van der Waals surface area contributed by atoms with Crippen molar-refractivity contribution in [2.24, 2.45) is 0 Å². The zero-order valence-electron chi connectivity index (χ0n) is 18.7. The molecule has 1 saturated heterocycles. The van der Waals surface area contributed by atoms with E-state index in [1.54, 1.807) is 36.1 Å². The number of nitrogens with one attached hydrogen (secondary N) is 2. The van der Waals surface area contributed by atoms with Crippen LogP contribution in [-0.4, -0.2) is 72.9 Å². The number of carbonyl (C=O) groups excluding carboxylic acids is 3. The first-order valence-electron chi connectivity index (χ1n) is 10.7. The Bertz CT molecular complexity index is 819. The molecule has 1 heterocycles. The lowest BCUT2D eigenvalue weighted by Gasteiger charge is -2.36. The second-order valence-corrected chi connectivity index (χ2v) is 7.63. The number of hydrogen-bond acceptors (Lipinski definition) is 7. The quantitative estimate of drug-likeness (QED) is 0.305. The Kier molecular flexibility index (Phi) is 10.4. The summed E-state index contributed by atoms with van der Waals surface area (Å²) in [5.74, 6) is -0.723. The van der Waals surface area contributed by atoms with Gasteiger partial charge in [0.1, 0.15) is 18.4 Å². The van der Waals surface area contributed by atoms with Gasteiger partial charge in [-0.25, -0.2) is 0 Å². The molecule has 1 aliphatic rings. The normalized spacial score (nSPS) is 16.7. The lowest BCUT2D eigenvalue weighted by Crippen LogP contribution is -2.60. The van der Waals surface area contributed by atoms with Gasteiger partial charge >= 0.3 is 5.97 Å². The highest BCUT2D eigenvalue weighted by Crippen LogP contribution is 2.15. The van der Waals surface area contributed by atoms with E-state index in [0.29, 0.717) is 50.6 Å². The van der Waals surface area contributed by atoms with Crippen molar-refractivity contribution in [1.82, 2.24) is 15.5 Å². The van der Waals surface area contributed by atoms with E-state index in [9.17, 15) is 14.4 Å². The van der Waals surface area contributed by atoms with Gasteiger partial charge in [0.25, 0.3) is 5.91 Å². The molecule has 0 bridgehead atoms. The third kappa shape index (κ3) is 7.76. The molecule has 176 valence electrons. The van der Waals surface area contributed by atoms with E-state index < -0.39 is 17.9 Å². The highest BCUT2D eigenvalue weighted by Gasteiger charge is 2.34. The number of rotatable bonds is 10. The van der Waals surface area contributed by atoms with Gasteiger partial charge in [-0.1, -0.05) is 13.0 Å². The van der Waals surface area contributed by atoms with Gasteiger partial charge < -0.3 is 24.4 Å². The lowest BCUT2D eigenvalue weighted by molar-refractivity contribution is -0.151. The molecule has 9 nitrogen and oxygen atoms in total. The minimum atomic E-state index is -0.846. The first-order valence-corrected chi connectivity index (χ1v) is 11.2. The summed E-state index contributed by atoms with van der Waals surface area (Å²) < 4.78 is 16.1. The summed E-state index contributed by atoms with van der Waals surface area (Å²) in [5, 5.41) is 5.45. The van der Waals surface area contributed by atoms with Crippen molar-refractivity contribution >= 4 is 35.1 Å². The third-order valence-corrected chi connectivity index (χ3v) is 5.21. The smallest absolute Gasteiger partial charge is 0.308 e. The summed E-state index contributed by atoms with van der Waals surface area (Å²) in [6.07, 6.45) is 0.280. The minimum absolute atomic E-state index is 0.0776. The maximum atomic E-state index is 12.7. The van der Waals surface area contributed by atoms with E-state index >= 15 is 0 Å². The number of thiocarbonyl (C=S) groups is 1. The Labute approximate surface area is 193 Å². The molecule has 0 spiro atoms. The zero-order valence-corrected chi connectivity index (χ0v) is 19.5. The van der Waals surface area contributed by atoms with Gasteiger partial charge in [0.05, 0.1) is 19.1 Å². The highest BCUT2D eigenvalue weighted by atomic mass is 32.1. The first kappa shape index (κ1) is 25.5. The number of nitrogens with zero attached hydrogens (tertiary/aromatic N) is 1. The molecule has 10 heteroatoms. The fourth-order valence-electron chi connectivity index (χ4n) is 3.01. The van der Waals surface area contributed by atoms with E-state index in [1.807, 2.05) is 13.8 Å². The second-order valence-electron chi connectivity index (χ2n) is 7.25. The minimum Gasteiger partial charge on any atom is -0.491 e. The van der Waals surface area contributed by atoms with E-state index in [2.05, 4.69) is 10.6 Å². The lowest BCUT2D eigenvalue weighted by atomic mass is 10.1. The van der Waals surface area contributed by atoms with Gasteiger partial charge in [0.2, 0.25) is 5.91 Å². The van der Waals surface area contributed by atoms with Crippen LogP contribution >= 0.6 is 12.2 Å². The maximum Gasteiger partial charge on any atom is 0.308 e. The van der Waals surface area contributed by atoms with Crippen LogP contribution in [0.25, 0.3) is 0 Å². The van der Waals surface area contributed by atoms with Gasteiger partial charge in [0.15, 0.2) is 5.11 Å². The predicted octanol–water partition coefficient (Wildman–Crippen LogP) is 1.65. The molecule has 2 rings (SSSR count). The molecule has 1 aromatic carbocycles. The number of amides is 2. The summed E-state index contributed by atoms with van der Waals surface area (Å²) in [7, 11) is 0. The topological polar surface area (TPSA) is 106 Å². The van der Waals surface area contributed by atoms with E-state index in [-0.39, 0.29) is 23.5 Å².